The SMILES string of the molecule is CNCC[C@H](N)C(=O)N(C)[C@@H](Cc1cc(-c2ccc(OCc3ccccc3)c(C[C@H](NC)C(=O)Oc3c(F)c(F)c(F)c(F)c3F)c2)ccc1OCc1ccccc1)C(=O)OCc1ccccc1. The second kappa shape index (κ2) is 24.1. The van der Waals surface area contributed by atoms with E-state index in [1.165, 1.54) is 19.0 Å². The van der Waals surface area contributed by atoms with Crippen molar-refractivity contribution in [3.8, 4) is 28.4 Å². The number of rotatable bonds is 22. The van der Waals surface area contributed by atoms with Crippen LogP contribution in [0.2, 0.25) is 0 Å². The Morgan fingerprint density at radius 3 is 1.53 bits per heavy atom. The van der Waals surface area contributed by atoms with Crippen molar-refractivity contribution in [2.45, 2.75) is 57.2 Å². The summed E-state index contributed by atoms with van der Waals surface area (Å²) in [6.45, 7) is 0.690. The van der Waals surface area contributed by atoms with Gasteiger partial charge in [0.1, 0.15) is 43.4 Å². The van der Waals surface area contributed by atoms with Gasteiger partial charge in [-0.25, -0.2) is 22.8 Å². The molecule has 0 aromatic heterocycles. The molecule has 356 valence electrons. The minimum Gasteiger partial charge on any atom is -0.489 e. The Hall–Kier alpha value is -7.14. The Kier molecular flexibility index (Phi) is 17.8. The van der Waals surface area contributed by atoms with Gasteiger partial charge in [-0.05, 0) is 90.3 Å². The molecule has 0 aliphatic heterocycles. The maximum atomic E-state index is 14.6. The standard InChI is InChI=1S/C52H51F5N4O7/c1-59-24-23-39(58)50(62)61(3)41(52(64)67-31-34-17-11-6-12-18-34)28-38-26-36(20-22-43(38)66-30-33-15-9-5-10-16-33)35-19-21-42(65-29-32-13-7-4-8-14-32)37(25-35)27-40(60-2)51(63)68-49-47(56)45(54)44(53)46(55)48(49)57/h4-22,25-26,39-41,59-60H,23-24,27-31,58H2,1-3H3/t39-,40-,41-/m0/s1. The number of benzene rings is 6. The summed E-state index contributed by atoms with van der Waals surface area (Å²) < 4.78 is 94.4. The van der Waals surface area contributed by atoms with Crippen molar-refractivity contribution in [1.29, 1.82) is 0 Å². The van der Waals surface area contributed by atoms with Crippen LogP contribution < -0.4 is 30.6 Å². The van der Waals surface area contributed by atoms with Gasteiger partial charge >= 0.3 is 11.9 Å². The van der Waals surface area contributed by atoms with Crippen LogP contribution in [-0.2, 0) is 51.8 Å². The Bertz CT molecular complexity index is 2630. The highest BCUT2D eigenvalue weighted by Gasteiger charge is 2.33. The summed E-state index contributed by atoms with van der Waals surface area (Å²) in [4.78, 5) is 42.7. The summed E-state index contributed by atoms with van der Waals surface area (Å²) in [5, 5.41) is 5.69. The molecule has 0 spiro atoms. The normalized spacial score (nSPS) is 12.4. The van der Waals surface area contributed by atoms with Crippen LogP contribution >= 0.6 is 0 Å². The number of hydrogen-bond donors (Lipinski definition) is 3. The molecular weight excluding hydrogens is 888 g/mol. The Morgan fingerprint density at radius 2 is 1.06 bits per heavy atom. The van der Waals surface area contributed by atoms with E-state index in [2.05, 4.69) is 10.6 Å². The van der Waals surface area contributed by atoms with Gasteiger partial charge in [0.2, 0.25) is 40.7 Å². The van der Waals surface area contributed by atoms with Crippen molar-refractivity contribution in [2.75, 3.05) is 27.7 Å². The molecule has 1 amide bonds. The minimum absolute atomic E-state index is 0.0500. The third kappa shape index (κ3) is 12.8. The molecule has 6 aromatic carbocycles. The fourth-order valence-corrected chi connectivity index (χ4v) is 7.21. The number of nitrogens with two attached hydrogens (primary N) is 1. The van der Waals surface area contributed by atoms with Crippen LogP contribution in [0.1, 0.15) is 34.2 Å². The Labute approximate surface area is 391 Å². The van der Waals surface area contributed by atoms with Crippen molar-refractivity contribution in [1.82, 2.24) is 15.5 Å². The van der Waals surface area contributed by atoms with E-state index < -0.39 is 70.8 Å². The van der Waals surface area contributed by atoms with E-state index in [0.717, 1.165) is 16.7 Å². The van der Waals surface area contributed by atoms with E-state index in [9.17, 15) is 36.3 Å². The molecule has 0 fully saturated rings. The molecule has 0 saturated carbocycles. The topological polar surface area (TPSA) is 141 Å². The quantitative estimate of drug-likeness (QED) is 0.0202. The zero-order valence-electron chi connectivity index (χ0n) is 37.6. The van der Waals surface area contributed by atoms with Gasteiger partial charge in [0, 0.05) is 19.9 Å². The lowest BCUT2D eigenvalue weighted by atomic mass is 9.95. The zero-order chi connectivity index (χ0) is 48.7. The van der Waals surface area contributed by atoms with Crippen LogP contribution in [0.15, 0.2) is 127 Å². The summed E-state index contributed by atoms with van der Waals surface area (Å²) >= 11 is 0. The molecule has 4 N–H and O–H groups in total. The number of likely N-dealkylation sites (N-methyl/N-ethyl adjacent to an activating group) is 2. The molecule has 11 nitrogen and oxygen atoms in total. The highest BCUT2D eigenvalue weighted by molar-refractivity contribution is 5.87. The molecule has 0 unspecified atom stereocenters. The van der Waals surface area contributed by atoms with Crippen molar-refractivity contribution >= 4 is 17.8 Å². The Morgan fingerprint density at radius 1 is 0.603 bits per heavy atom. The predicted octanol–water partition coefficient (Wildman–Crippen LogP) is 7.99. The average Bonchev–Trinajstić information content (AvgIpc) is 3.37. The number of nitrogens with one attached hydrogen (secondary N) is 2. The van der Waals surface area contributed by atoms with Crippen LogP contribution in [-0.4, -0.2) is 68.6 Å². The number of esters is 2. The molecular formula is C52H51F5N4O7. The summed E-state index contributed by atoms with van der Waals surface area (Å²) in [7, 11) is 4.60. The van der Waals surface area contributed by atoms with Crippen LogP contribution in [0.4, 0.5) is 22.0 Å². The fraction of sp³-hybridized carbons (Fsp3) is 0.250. The van der Waals surface area contributed by atoms with Gasteiger partial charge in [-0.1, -0.05) is 103 Å². The van der Waals surface area contributed by atoms with Gasteiger partial charge < -0.3 is 40.2 Å². The summed E-state index contributed by atoms with van der Waals surface area (Å²) in [6, 6.07) is 34.7. The Balaban J connectivity index is 1.38. The van der Waals surface area contributed by atoms with Gasteiger partial charge in [-0.2, -0.15) is 8.78 Å². The lowest BCUT2D eigenvalue weighted by Crippen LogP contribution is -2.51. The predicted molar refractivity (Wildman–Crippen MR) is 245 cm³/mol. The molecule has 0 radical (unpaired) electrons. The van der Waals surface area contributed by atoms with Crippen LogP contribution in [0, 0.1) is 29.1 Å². The van der Waals surface area contributed by atoms with Crippen LogP contribution in [0.3, 0.4) is 0 Å². The van der Waals surface area contributed by atoms with E-state index >= 15 is 0 Å². The van der Waals surface area contributed by atoms with Gasteiger partial charge in [-0.15, -0.1) is 0 Å². The number of ether oxygens (including phenoxy) is 4. The molecule has 0 aliphatic carbocycles. The number of carbonyl (C=O) groups is 3. The molecule has 68 heavy (non-hydrogen) atoms. The first kappa shape index (κ1) is 50.3. The molecule has 0 aliphatic rings. The third-order valence-corrected chi connectivity index (χ3v) is 11.1. The second-order valence-corrected chi connectivity index (χ2v) is 15.8. The minimum atomic E-state index is -2.40. The smallest absolute Gasteiger partial charge is 0.329 e. The molecule has 6 aromatic rings. The monoisotopic (exact) mass is 938 g/mol. The maximum absolute atomic E-state index is 14.6. The van der Waals surface area contributed by atoms with Gasteiger partial charge in [-0.3, -0.25) is 4.79 Å². The molecule has 16 heteroatoms. The van der Waals surface area contributed by atoms with Crippen molar-refractivity contribution in [3.05, 3.63) is 184 Å². The first-order chi connectivity index (χ1) is 32.8. The highest BCUT2D eigenvalue weighted by atomic mass is 19.2. The van der Waals surface area contributed by atoms with E-state index in [4.69, 9.17) is 24.7 Å². The highest BCUT2D eigenvalue weighted by Crippen LogP contribution is 2.34. The number of halogens is 5. The summed E-state index contributed by atoms with van der Waals surface area (Å²) in [5.41, 5.74) is 10.8. The first-order valence-corrected chi connectivity index (χ1v) is 21.7. The summed E-state index contributed by atoms with van der Waals surface area (Å²) in [6.07, 6.45) is -0.00403. The van der Waals surface area contributed by atoms with E-state index in [-0.39, 0.29) is 32.7 Å². The molecule has 3 atom stereocenters. The summed E-state index contributed by atoms with van der Waals surface area (Å²) in [5.74, 6) is -15.1. The first-order valence-electron chi connectivity index (χ1n) is 21.7. The van der Waals surface area contributed by atoms with Crippen LogP contribution in [0.25, 0.3) is 11.1 Å². The number of carbonyl (C=O) groups excluding carboxylic acids is 3. The van der Waals surface area contributed by atoms with E-state index in [0.29, 0.717) is 46.7 Å². The maximum Gasteiger partial charge on any atom is 0.329 e. The van der Waals surface area contributed by atoms with E-state index in [1.807, 2.05) is 91.0 Å². The number of nitrogens with zero attached hydrogens (tertiary/aromatic N) is 1. The van der Waals surface area contributed by atoms with Gasteiger partial charge in [0.15, 0.2) is 0 Å². The van der Waals surface area contributed by atoms with Gasteiger partial charge in [0.25, 0.3) is 0 Å². The lowest BCUT2D eigenvalue weighted by molar-refractivity contribution is -0.155. The lowest BCUT2D eigenvalue weighted by Gasteiger charge is -2.29. The van der Waals surface area contributed by atoms with Crippen molar-refractivity contribution in [2.24, 2.45) is 5.73 Å². The van der Waals surface area contributed by atoms with Gasteiger partial charge in [0.05, 0.1) is 6.04 Å². The van der Waals surface area contributed by atoms with Crippen molar-refractivity contribution in [3.63, 3.8) is 0 Å². The number of hydrogen-bond acceptors (Lipinski definition) is 10. The molecule has 6 rings (SSSR count). The second-order valence-electron chi connectivity index (χ2n) is 15.8. The molecule has 0 saturated heterocycles. The van der Waals surface area contributed by atoms with Crippen LogP contribution in [0.5, 0.6) is 17.2 Å². The fourth-order valence-electron chi connectivity index (χ4n) is 7.21. The third-order valence-electron chi connectivity index (χ3n) is 11.1. The van der Waals surface area contributed by atoms with E-state index in [1.54, 1.807) is 43.4 Å². The molecule has 0 heterocycles. The molecule has 0 bridgehead atoms. The number of amides is 1. The van der Waals surface area contributed by atoms with Crippen molar-refractivity contribution < 1.29 is 55.3 Å². The average molecular weight is 939 g/mol. The zero-order valence-corrected chi connectivity index (χ0v) is 37.6. The largest absolute Gasteiger partial charge is 0.489 e.